The third kappa shape index (κ3) is 1.59. The number of anilines is 1. The Balaban J connectivity index is 2.56. The van der Waals surface area contributed by atoms with Crippen LogP contribution in [-0.4, -0.2) is 16.5 Å². The minimum atomic E-state index is 0.516. The van der Waals surface area contributed by atoms with E-state index in [2.05, 4.69) is 15.3 Å². The smallest absolute Gasteiger partial charge is 0.225 e. The Kier molecular flexibility index (Phi) is 2.33. The average molecular weight is 214 g/mol. The number of nitrogens with one attached hydrogen (secondary N) is 1. The Morgan fingerprint density at radius 1 is 1.54 bits per heavy atom. The second-order valence-corrected chi connectivity index (χ2v) is 3.76. The molecule has 0 fully saturated rings. The summed E-state index contributed by atoms with van der Waals surface area (Å²) in [5.74, 6) is 0.599. The zero-order valence-corrected chi connectivity index (χ0v) is 8.61. The van der Waals surface area contributed by atoms with Gasteiger partial charge in [0.2, 0.25) is 5.95 Å². The number of thiophene rings is 1. The second-order valence-electron chi connectivity index (χ2n) is 2.51. The van der Waals surface area contributed by atoms with Gasteiger partial charge in [-0.2, -0.15) is 0 Å². The highest BCUT2D eigenvalue weighted by Gasteiger charge is 2.05. The van der Waals surface area contributed by atoms with Gasteiger partial charge in [-0.15, -0.1) is 11.3 Å². The van der Waals surface area contributed by atoms with Crippen molar-refractivity contribution in [3.05, 3.63) is 16.6 Å². The van der Waals surface area contributed by atoms with Gasteiger partial charge in [-0.1, -0.05) is 11.6 Å². The molecule has 0 saturated heterocycles. The predicted molar refractivity (Wildman–Crippen MR) is 56.6 cm³/mol. The summed E-state index contributed by atoms with van der Waals surface area (Å²) in [5.41, 5.74) is 0. The summed E-state index contributed by atoms with van der Waals surface area (Å²) in [6, 6.07) is 1.93. The molecule has 0 spiro atoms. The predicted octanol–water partition coefficient (Wildman–Crippen LogP) is 2.78. The van der Waals surface area contributed by atoms with E-state index in [9.17, 15) is 0 Å². The Bertz CT molecular complexity index is 426. The Morgan fingerprint density at radius 3 is 3.15 bits per heavy atom. The Hall–Kier alpha value is -0.870. The number of fused-ring (bicyclic) bond motifs is 1. The molecule has 0 bridgehead atoms. The van der Waals surface area contributed by atoms with E-state index in [0.29, 0.717) is 11.1 Å². The molecule has 1 N–H and O–H groups in total. The molecule has 0 radical (unpaired) electrons. The summed E-state index contributed by atoms with van der Waals surface area (Å²) in [7, 11) is 0. The number of rotatable bonds is 2. The maximum absolute atomic E-state index is 5.95. The molecule has 0 aliphatic carbocycles. The summed E-state index contributed by atoms with van der Waals surface area (Å²) >= 11 is 7.52. The van der Waals surface area contributed by atoms with Gasteiger partial charge in [0, 0.05) is 11.9 Å². The first-order valence-corrected chi connectivity index (χ1v) is 5.21. The van der Waals surface area contributed by atoms with Gasteiger partial charge in [-0.25, -0.2) is 9.97 Å². The number of halogens is 1. The molecule has 5 heteroatoms. The van der Waals surface area contributed by atoms with E-state index in [0.717, 1.165) is 16.8 Å². The minimum absolute atomic E-state index is 0.516. The summed E-state index contributed by atoms with van der Waals surface area (Å²) in [5, 5.41) is 6.43. The Labute approximate surface area is 84.8 Å². The highest BCUT2D eigenvalue weighted by Crippen LogP contribution is 2.25. The average Bonchev–Trinajstić information content (AvgIpc) is 2.53. The lowest BCUT2D eigenvalue weighted by Crippen LogP contribution is -2.01. The van der Waals surface area contributed by atoms with Crippen molar-refractivity contribution in [1.82, 2.24) is 9.97 Å². The van der Waals surface area contributed by atoms with Crippen LogP contribution < -0.4 is 5.32 Å². The van der Waals surface area contributed by atoms with Crippen LogP contribution in [0.2, 0.25) is 5.15 Å². The molecule has 0 saturated carbocycles. The van der Waals surface area contributed by atoms with Crippen molar-refractivity contribution >= 4 is 39.1 Å². The summed E-state index contributed by atoms with van der Waals surface area (Å²) in [4.78, 5) is 9.34. The molecule has 2 rings (SSSR count). The molecule has 0 aromatic carbocycles. The van der Waals surface area contributed by atoms with Gasteiger partial charge in [0.15, 0.2) is 0 Å². The van der Waals surface area contributed by atoms with Crippen LogP contribution in [-0.2, 0) is 0 Å². The van der Waals surface area contributed by atoms with Crippen LogP contribution in [0.1, 0.15) is 6.92 Å². The lowest BCUT2D eigenvalue weighted by atomic mass is 10.4. The van der Waals surface area contributed by atoms with Crippen LogP contribution in [0.4, 0.5) is 5.95 Å². The number of aromatic nitrogens is 2. The van der Waals surface area contributed by atoms with Crippen LogP contribution in [0.3, 0.4) is 0 Å². The summed E-state index contributed by atoms with van der Waals surface area (Å²) < 4.78 is 0. The van der Waals surface area contributed by atoms with Crippen molar-refractivity contribution in [2.75, 3.05) is 11.9 Å². The topological polar surface area (TPSA) is 37.8 Å². The van der Waals surface area contributed by atoms with Crippen LogP contribution in [0.25, 0.3) is 10.2 Å². The van der Waals surface area contributed by atoms with E-state index in [1.165, 1.54) is 0 Å². The van der Waals surface area contributed by atoms with Crippen molar-refractivity contribution < 1.29 is 0 Å². The molecule has 2 heterocycles. The van der Waals surface area contributed by atoms with Crippen molar-refractivity contribution in [2.24, 2.45) is 0 Å². The molecule has 0 amide bonds. The lowest BCUT2D eigenvalue weighted by molar-refractivity contribution is 1.11. The molecule has 0 atom stereocenters. The van der Waals surface area contributed by atoms with Crippen LogP contribution in [0, 0.1) is 0 Å². The third-order valence-electron chi connectivity index (χ3n) is 1.61. The van der Waals surface area contributed by atoms with Crippen molar-refractivity contribution in [2.45, 2.75) is 6.92 Å². The van der Waals surface area contributed by atoms with E-state index in [1.54, 1.807) is 11.3 Å². The van der Waals surface area contributed by atoms with Gasteiger partial charge in [-0.3, -0.25) is 0 Å². The summed E-state index contributed by atoms with van der Waals surface area (Å²) in [6.45, 7) is 2.79. The van der Waals surface area contributed by atoms with Crippen molar-refractivity contribution in [3.8, 4) is 0 Å². The molecular formula is C8H8ClN3S. The third-order valence-corrected chi connectivity index (χ3v) is 2.71. The highest BCUT2D eigenvalue weighted by molar-refractivity contribution is 7.16. The van der Waals surface area contributed by atoms with Crippen LogP contribution in [0.15, 0.2) is 11.4 Å². The van der Waals surface area contributed by atoms with E-state index >= 15 is 0 Å². The van der Waals surface area contributed by atoms with Crippen LogP contribution in [0.5, 0.6) is 0 Å². The zero-order chi connectivity index (χ0) is 9.26. The molecule has 2 aromatic heterocycles. The molecule has 2 aromatic rings. The van der Waals surface area contributed by atoms with E-state index < -0.39 is 0 Å². The monoisotopic (exact) mass is 213 g/mol. The van der Waals surface area contributed by atoms with E-state index in [-0.39, 0.29) is 0 Å². The molecule has 0 aliphatic heterocycles. The summed E-state index contributed by atoms with van der Waals surface area (Å²) in [6.07, 6.45) is 0. The molecule has 0 aliphatic rings. The van der Waals surface area contributed by atoms with Gasteiger partial charge in [0.25, 0.3) is 0 Å². The van der Waals surface area contributed by atoms with Gasteiger partial charge < -0.3 is 5.32 Å². The molecule has 3 nitrogen and oxygen atoms in total. The largest absolute Gasteiger partial charge is 0.354 e. The molecule has 68 valence electrons. The first-order valence-electron chi connectivity index (χ1n) is 3.96. The standard InChI is InChI=1S/C8H8ClN3S/c1-2-10-8-11-6(9)5-3-4-13-7(5)12-8/h3-4H,2H2,1H3,(H,10,11,12). The van der Waals surface area contributed by atoms with Gasteiger partial charge in [-0.05, 0) is 18.4 Å². The number of hydrogen-bond donors (Lipinski definition) is 1. The fourth-order valence-electron chi connectivity index (χ4n) is 1.06. The number of hydrogen-bond acceptors (Lipinski definition) is 4. The normalized spacial score (nSPS) is 10.6. The fraction of sp³-hybridized carbons (Fsp3) is 0.250. The van der Waals surface area contributed by atoms with E-state index in [4.69, 9.17) is 11.6 Å². The lowest BCUT2D eigenvalue weighted by Gasteiger charge is -2.01. The maximum atomic E-state index is 5.95. The first kappa shape index (κ1) is 8.72. The maximum Gasteiger partial charge on any atom is 0.225 e. The second kappa shape index (κ2) is 3.47. The fourth-order valence-corrected chi connectivity index (χ4v) is 2.11. The quantitative estimate of drug-likeness (QED) is 0.780. The highest BCUT2D eigenvalue weighted by atomic mass is 35.5. The van der Waals surface area contributed by atoms with Crippen LogP contribution >= 0.6 is 22.9 Å². The molecular weight excluding hydrogens is 206 g/mol. The minimum Gasteiger partial charge on any atom is -0.354 e. The van der Waals surface area contributed by atoms with Crippen molar-refractivity contribution in [3.63, 3.8) is 0 Å². The molecule has 0 unspecified atom stereocenters. The van der Waals surface area contributed by atoms with Gasteiger partial charge in [0.1, 0.15) is 9.98 Å². The SMILES string of the molecule is CCNc1nc(Cl)c2ccsc2n1. The first-order chi connectivity index (χ1) is 6.31. The van der Waals surface area contributed by atoms with Gasteiger partial charge in [0.05, 0.1) is 0 Å². The van der Waals surface area contributed by atoms with Gasteiger partial charge >= 0.3 is 0 Å². The molecule has 13 heavy (non-hydrogen) atoms. The number of nitrogens with zero attached hydrogens (tertiary/aromatic N) is 2. The Morgan fingerprint density at radius 2 is 2.38 bits per heavy atom. The van der Waals surface area contributed by atoms with E-state index in [1.807, 2.05) is 18.4 Å². The van der Waals surface area contributed by atoms with Crippen molar-refractivity contribution in [1.29, 1.82) is 0 Å². The zero-order valence-electron chi connectivity index (χ0n) is 7.04.